The van der Waals surface area contributed by atoms with Crippen LogP contribution in [0.4, 0.5) is 5.69 Å². The first-order valence-electron chi connectivity index (χ1n) is 14.5. The highest BCUT2D eigenvalue weighted by Gasteiger charge is 2.36. The van der Waals surface area contributed by atoms with Crippen LogP contribution in [0.15, 0.2) is 127 Å². The van der Waals surface area contributed by atoms with E-state index in [1.807, 2.05) is 11.3 Å². The first-order chi connectivity index (χ1) is 20.1. The van der Waals surface area contributed by atoms with Gasteiger partial charge in [0.2, 0.25) is 0 Å². The standard InChI is InChI=1S/C39H31NS/c1-39(2)33-17-8-6-14-32(33)36-34(39)24-23-31-30-16-10-15-29(37(30)41-38(31)36)26-19-21-27(22-20-26)40-35-18-9-7-13-28(35)25-11-4-3-5-12-25/h3-8,10-17,19-24,40H,9,18H2,1-2H3. The maximum Gasteiger partial charge on any atom is 0.0437 e. The fourth-order valence-electron chi connectivity index (χ4n) is 6.86. The van der Waals surface area contributed by atoms with Gasteiger partial charge < -0.3 is 5.32 Å². The summed E-state index contributed by atoms with van der Waals surface area (Å²) in [4.78, 5) is 0. The molecule has 198 valence electrons. The number of rotatable bonds is 4. The Kier molecular flexibility index (Phi) is 5.55. The molecule has 1 heterocycles. The second kappa shape index (κ2) is 9.33. The van der Waals surface area contributed by atoms with Crippen LogP contribution in [0.5, 0.6) is 0 Å². The molecular formula is C39H31NS. The van der Waals surface area contributed by atoms with Crippen molar-refractivity contribution in [1.29, 1.82) is 0 Å². The van der Waals surface area contributed by atoms with Crippen molar-refractivity contribution >= 4 is 42.8 Å². The third-order valence-corrected chi connectivity index (χ3v) is 10.2. The van der Waals surface area contributed by atoms with Gasteiger partial charge in [0.1, 0.15) is 0 Å². The van der Waals surface area contributed by atoms with Gasteiger partial charge in [0.15, 0.2) is 0 Å². The van der Waals surface area contributed by atoms with Crippen LogP contribution in [0.3, 0.4) is 0 Å². The summed E-state index contributed by atoms with van der Waals surface area (Å²) in [5, 5.41) is 6.45. The predicted octanol–water partition coefficient (Wildman–Crippen LogP) is 11.2. The maximum atomic E-state index is 3.74. The van der Waals surface area contributed by atoms with Crippen molar-refractivity contribution in [1.82, 2.24) is 0 Å². The summed E-state index contributed by atoms with van der Waals surface area (Å²) in [7, 11) is 0. The van der Waals surface area contributed by atoms with Crippen LogP contribution >= 0.6 is 11.3 Å². The summed E-state index contributed by atoms with van der Waals surface area (Å²) < 4.78 is 2.78. The zero-order valence-electron chi connectivity index (χ0n) is 23.4. The van der Waals surface area contributed by atoms with Crippen LogP contribution in [-0.4, -0.2) is 0 Å². The zero-order valence-corrected chi connectivity index (χ0v) is 24.2. The number of nitrogens with one attached hydrogen (secondary N) is 1. The zero-order chi connectivity index (χ0) is 27.6. The average molecular weight is 546 g/mol. The van der Waals surface area contributed by atoms with Crippen LogP contribution in [0, 0.1) is 0 Å². The maximum absolute atomic E-state index is 3.74. The molecule has 2 aliphatic rings. The number of fused-ring (bicyclic) bond motifs is 7. The first-order valence-corrected chi connectivity index (χ1v) is 15.3. The van der Waals surface area contributed by atoms with Crippen LogP contribution in [0.1, 0.15) is 43.4 Å². The van der Waals surface area contributed by atoms with E-state index in [0.717, 1.165) is 18.5 Å². The van der Waals surface area contributed by atoms with Gasteiger partial charge in [-0.15, -0.1) is 11.3 Å². The Morgan fingerprint density at radius 1 is 0.634 bits per heavy atom. The lowest BCUT2D eigenvalue weighted by molar-refractivity contribution is 0.661. The molecule has 1 N–H and O–H groups in total. The molecule has 2 heteroatoms. The second-order valence-electron chi connectivity index (χ2n) is 11.7. The third-order valence-electron chi connectivity index (χ3n) is 8.96. The highest BCUT2D eigenvalue weighted by molar-refractivity contribution is 7.27. The fraction of sp³-hybridized carbons (Fsp3) is 0.128. The molecule has 0 saturated carbocycles. The minimum Gasteiger partial charge on any atom is -0.358 e. The minimum absolute atomic E-state index is 0.0197. The number of hydrogen-bond donors (Lipinski definition) is 1. The van der Waals surface area contributed by atoms with Crippen LogP contribution in [0.2, 0.25) is 0 Å². The molecule has 6 aromatic rings. The highest BCUT2D eigenvalue weighted by Crippen LogP contribution is 2.54. The summed E-state index contributed by atoms with van der Waals surface area (Å²) in [6, 6.07) is 40.2. The molecule has 0 spiro atoms. The number of allylic oxidation sites excluding steroid dienone is 4. The van der Waals surface area contributed by atoms with Crippen LogP contribution in [-0.2, 0) is 5.41 Å². The summed E-state index contributed by atoms with van der Waals surface area (Å²) >= 11 is 1.95. The predicted molar refractivity (Wildman–Crippen MR) is 178 cm³/mol. The molecule has 0 bridgehead atoms. The molecule has 0 radical (unpaired) electrons. The summed E-state index contributed by atoms with van der Waals surface area (Å²) in [6.45, 7) is 4.72. The Hall–Kier alpha value is -4.40. The smallest absolute Gasteiger partial charge is 0.0437 e. The van der Waals surface area contributed by atoms with Gasteiger partial charge in [-0.25, -0.2) is 0 Å². The normalized spacial score (nSPS) is 15.4. The molecule has 41 heavy (non-hydrogen) atoms. The molecule has 1 aromatic heterocycles. The molecule has 8 rings (SSSR count). The van der Waals surface area contributed by atoms with E-state index < -0.39 is 0 Å². The van der Waals surface area contributed by atoms with Crippen LogP contribution < -0.4 is 5.32 Å². The largest absolute Gasteiger partial charge is 0.358 e. The number of thiophene rings is 1. The molecule has 0 aliphatic heterocycles. The summed E-state index contributed by atoms with van der Waals surface area (Å²) in [5.74, 6) is 0. The molecule has 1 nitrogen and oxygen atoms in total. The van der Waals surface area contributed by atoms with E-state index in [1.165, 1.54) is 70.4 Å². The lowest BCUT2D eigenvalue weighted by Crippen LogP contribution is -2.14. The molecular weight excluding hydrogens is 515 g/mol. The molecule has 2 aliphatic carbocycles. The van der Waals surface area contributed by atoms with Gasteiger partial charge in [0, 0.05) is 48.1 Å². The number of anilines is 1. The van der Waals surface area contributed by atoms with Crippen molar-refractivity contribution in [2.75, 3.05) is 5.32 Å². The summed E-state index contributed by atoms with van der Waals surface area (Å²) in [5.41, 5.74) is 13.2. The average Bonchev–Trinajstić information content (AvgIpc) is 3.51. The topological polar surface area (TPSA) is 12.0 Å². The minimum atomic E-state index is 0.0197. The molecule has 0 fully saturated rings. The highest BCUT2D eigenvalue weighted by atomic mass is 32.1. The Bertz CT molecular complexity index is 2020. The van der Waals surface area contributed by atoms with Gasteiger partial charge in [-0.2, -0.15) is 0 Å². The van der Waals surface area contributed by atoms with Gasteiger partial charge in [-0.3, -0.25) is 0 Å². The number of hydrogen-bond acceptors (Lipinski definition) is 2. The molecule has 0 amide bonds. The van der Waals surface area contributed by atoms with E-state index >= 15 is 0 Å². The van der Waals surface area contributed by atoms with E-state index in [-0.39, 0.29) is 5.41 Å². The third kappa shape index (κ3) is 3.82. The second-order valence-corrected chi connectivity index (χ2v) is 12.7. The molecule has 0 atom stereocenters. The lowest BCUT2D eigenvalue weighted by atomic mass is 9.82. The number of benzene rings is 5. The van der Waals surface area contributed by atoms with Gasteiger partial charge in [0.05, 0.1) is 0 Å². The van der Waals surface area contributed by atoms with Crippen molar-refractivity contribution in [2.45, 2.75) is 32.1 Å². The van der Waals surface area contributed by atoms with Gasteiger partial charge in [-0.1, -0.05) is 123 Å². The summed E-state index contributed by atoms with van der Waals surface area (Å²) in [6.07, 6.45) is 6.62. The van der Waals surface area contributed by atoms with Crippen molar-refractivity contribution in [3.8, 4) is 22.3 Å². The Balaban J connectivity index is 1.20. The van der Waals surface area contributed by atoms with E-state index in [0.29, 0.717) is 0 Å². The van der Waals surface area contributed by atoms with Gasteiger partial charge in [0.25, 0.3) is 0 Å². The van der Waals surface area contributed by atoms with Crippen molar-refractivity contribution in [3.05, 3.63) is 144 Å². The van der Waals surface area contributed by atoms with E-state index in [9.17, 15) is 0 Å². The Morgan fingerprint density at radius 2 is 1.39 bits per heavy atom. The Labute approximate surface area is 245 Å². The van der Waals surface area contributed by atoms with Crippen molar-refractivity contribution in [3.63, 3.8) is 0 Å². The fourth-order valence-corrected chi connectivity index (χ4v) is 8.26. The first kappa shape index (κ1) is 24.4. The SMILES string of the molecule is CC1(C)c2ccccc2-c2c1ccc1c2sc2c(-c3ccc(NC4=C(c5ccccc5)C=CCC4)cc3)cccc21. The quantitative estimate of drug-likeness (QED) is 0.232. The van der Waals surface area contributed by atoms with E-state index in [4.69, 9.17) is 0 Å². The molecule has 0 saturated heterocycles. The van der Waals surface area contributed by atoms with E-state index in [2.05, 4.69) is 141 Å². The monoisotopic (exact) mass is 545 g/mol. The lowest BCUT2D eigenvalue weighted by Gasteiger charge is -2.21. The van der Waals surface area contributed by atoms with Gasteiger partial charge in [-0.05, 0) is 58.4 Å². The van der Waals surface area contributed by atoms with E-state index in [1.54, 1.807) is 0 Å². The van der Waals surface area contributed by atoms with Crippen LogP contribution in [0.25, 0.3) is 48.0 Å². The Morgan fingerprint density at radius 3 is 2.24 bits per heavy atom. The molecule has 0 unspecified atom stereocenters. The molecule has 5 aromatic carbocycles. The van der Waals surface area contributed by atoms with Gasteiger partial charge >= 0.3 is 0 Å². The van der Waals surface area contributed by atoms with Crippen molar-refractivity contribution in [2.24, 2.45) is 0 Å². The van der Waals surface area contributed by atoms with Crippen molar-refractivity contribution < 1.29 is 0 Å².